The van der Waals surface area contributed by atoms with Crippen molar-refractivity contribution in [3.8, 4) is 11.5 Å². The lowest BCUT2D eigenvalue weighted by molar-refractivity contribution is -0.124. The van der Waals surface area contributed by atoms with Crippen molar-refractivity contribution in [1.29, 1.82) is 0 Å². The van der Waals surface area contributed by atoms with E-state index < -0.39 is 11.9 Å². The van der Waals surface area contributed by atoms with E-state index in [1.54, 1.807) is 30.3 Å². The molecule has 2 aromatic carbocycles. The molecule has 28 heavy (non-hydrogen) atoms. The van der Waals surface area contributed by atoms with Crippen LogP contribution in [0, 0.1) is 0 Å². The van der Waals surface area contributed by atoms with Gasteiger partial charge in [0.05, 0.1) is 5.56 Å². The van der Waals surface area contributed by atoms with Crippen LogP contribution < -0.4 is 20.1 Å². The van der Waals surface area contributed by atoms with Crippen molar-refractivity contribution in [2.24, 2.45) is 0 Å². The summed E-state index contributed by atoms with van der Waals surface area (Å²) in [7, 11) is 0. The van der Waals surface area contributed by atoms with Gasteiger partial charge in [-0.1, -0.05) is 6.07 Å². The largest absolute Gasteiger partial charge is 0.454 e. The molecule has 0 fully saturated rings. The molecule has 2 amide bonds. The Morgan fingerprint density at radius 2 is 1.93 bits per heavy atom. The Morgan fingerprint density at radius 3 is 2.82 bits per heavy atom. The van der Waals surface area contributed by atoms with Gasteiger partial charge in [0, 0.05) is 18.7 Å². The monoisotopic (exact) mass is 382 g/mol. The molecule has 2 heterocycles. The zero-order chi connectivity index (χ0) is 19.5. The van der Waals surface area contributed by atoms with Gasteiger partial charge in [-0.25, -0.2) is 4.79 Å². The molecule has 0 bridgehead atoms. The van der Waals surface area contributed by atoms with Crippen LogP contribution in [0.4, 0.5) is 5.69 Å². The fourth-order valence-electron chi connectivity index (χ4n) is 3.03. The SMILES string of the molecule is O=C(COC(=O)c1ccc2c(c1)CCC(=O)N2)NCc1ccc2c(c1)OCO2. The van der Waals surface area contributed by atoms with Gasteiger partial charge in [0.25, 0.3) is 5.91 Å². The smallest absolute Gasteiger partial charge is 0.338 e. The Morgan fingerprint density at radius 1 is 1.07 bits per heavy atom. The van der Waals surface area contributed by atoms with Crippen molar-refractivity contribution < 1.29 is 28.6 Å². The molecule has 144 valence electrons. The maximum atomic E-state index is 12.2. The molecule has 8 heteroatoms. The third-order valence-electron chi connectivity index (χ3n) is 4.50. The number of hydrogen-bond donors (Lipinski definition) is 2. The average Bonchev–Trinajstić information content (AvgIpc) is 3.18. The van der Waals surface area contributed by atoms with Gasteiger partial charge < -0.3 is 24.8 Å². The quantitative estimate of drug-likeness (QED) is 0.764. The number of esters is 1. The summed E-state index contributed by atoms with van der Waals surface area (Å²) < 4.78 is 15.6. The molecule has 8 nitrogen and oxygen atoms in total. The van der Waals surface area contributed by atoms with Gasteiger partial charge in [-0.3, -0.25) is 9.59 Å². The molecular weight excluding hydrogens is 364 g/mol. The number of ether oxygens (including phenoxy) is 3. The van der Waals surface area contributed by atoms with Crippen LogP contribution in [0.15, 0.2) is 36.4 Å². The molecule has 2 aliphatic rings. The van der Waals surface area contributed by atoms with E-state index in [2.05, 4.69) is 10.6 Å². The second-order valence-corrected chi connectivity index (χ2v) is 6.46. The first kappa shape index (κ1) is 17.8. The van der Waals surface area contributed by atoms with Crippen LogP contribution in [0.25, 0.3) is 0 Å². The van der Waals surface area contributed by atoms with E-state index in [0.717, 1.165) is 11.1 Å². The second-order valence-electron chi connectivity index (χ2n) is 6.46. The van der Waals surface area contributed by atoms with Crippen LogP contribution in [0.1, 0.15) is 27.9 Å². The molecular formula is C20H18N2O6. The van der Waals surface area contributed by atoms with Gasteiger partial charge in [0.2, 0.25) is 12.7 Å². The Bertz CT molecular complexity index is 956. The van der Waals surface area contributed by atoms with Crippen molar-refractivity contribution >= 4 is 23.5 Å². The van der Waals surface area contributed by atoms with Gasteiger partial charge in [0.15, 0.2) is 18.1 Å². The van der Waals surface area contributed by atoms with E-state index >= 15 is 0 Å². The lowest BCUT2D eigenvalue weighted by Crippen LogP contribution is -2.28. The molecule has 0 spiro atoms. The van der Waals surface area contributed by atoms with E-state index in [0.29, 0.717) is 35.6 Å². The zero-order valence-corrected chi connectivity index (χ0v) is 14.9. The number of amides is 2. The van der Waals surface area contributed by atoms with Crippen molar-refractivity contribution in [2.75, 3.05) is 18.7 Å². The molecule has 2 aliphatic heterocycles. The van der Waals surface area contributed by atoms with Gasteiger partial charge in [-0.15, -0.1) is 0 Å². The van der Waals surface area contributed by atoms with Crippen LogP contribution >= 0.6 is 0 Å². The number of carbonyl (C=O) groups is 3. The Labute approximate surface area is 160 Å². The van der Waals surface area contributed by atoms with Crippen LogP contribution in [-0.4, -0.2) is 31.2 Å². The summed E-state index contributed by atoms with van der Waals surface area (Å²) in [6, 6.07) is 10.3. The van der Waals surface area contributed by atoms with Crippen LogP contribution in [0.5, 0.6) is 11.5 Å². The maximum Gasteiger partial charge on any atom is 0.338 e. The minimum atomic E-state index is -0.585. The molecule has 0 unspecified atom stereocenters. The first-order valence-electron chi connectivity index (χ1n) is 8.83. The number of rotatable bonds is 5. The van der Waals surface area contributed by atoms with Crippen molar-refractivity contribution in [3.63, 3.8) is 0 Å². The molecule has 0 saturated carbocycles. The molecule has 2 aromatic rings. The molecule has 0 radical (unpaired) electrons. The predicted molar refractivity (Wildman–Crippen MR) is 98.1 cm³/mol. The predicted octanol–water partition coefficient (Wildman–Crippen LogP) is 1.77. The fraction of sp³-hybridized carbons (Fsp3) is 0.250. The number of benzene rings is 2. The minimum Gasteiger partial charge on any atom is -0.454 e. The van der Waals surface area contributed by atoms with E-state index in [-0.39, 0.29) is 25.9 Å². The van der Waals surface area contributed by atoms with E-state index in [1.165, 1.54) is 0 Å². The highest BCUT2D eigenvalue weighted by Gasteiger charge is 2.18. The van der Waals surface area contributed by atoms with Crippen LogP contribution in [0.2, 0.25) is 0 Å². The number of hydrogen-bond acceptors (Lipinski definition) is 6. The first-order valence-corrected chi connectivity index (χ1v) is 8.83. The normalized spacial score (nSPS) is 14.1. The lowest BCUT2D eigenvalue weighted by atomic mass is 10.0. The Hall–Kier alpha value is -3.55. The molecule has 2 N–H and O–H groups in total. The minimum absolute atomic E-state index is 0.0399. The summed E-state index contributed by atoms with van der Waals surface area (Å²) in [6.45, 7) is 0.0962. The fourth-order valence-corrected chi connectivity index (χ4v) is 3.03. The number of carbonyl (C=O) groups excluding carboxylic acids is 3. The van der Waals surface area contributed by atoms with E-state index in [1.807, 2.05) is 6.07 Å². The number of aryl methyl sites for hydroxylation is 1. The van der Waals surface area contributed by atoms with Crippen molar-refractivity contribution in [1.82, 2.24) is 5.32 Å². The van der Waals surface area contributed by atoms with Crippen molar-refractivity contribution in [3.05, 3.63) is 53.1 Å². The highest BCUT2D eigenvalue weighted by atomic mass is 16.7. The standard InChI is InChI=1S/C20H18N2O6/c23-18-6-3-13-8-14(2-4-15(13)22-18)20(25)26-10-19(24)21-9-12-1-5-16-17(7-12)28-11-27-16/h1-2,4-5,7-8H,3,6,9-11H2,(H,21,24)(H,22,23). The third kappa shape index (κ3) is 3.90. The summed E-state index contributed by atoms with van der Waals surface area (Å²) in [4.78, 5) is 35.5. The summed E-state index contributed by atoms with van der Waals surface area (Å²) >= 11 is 0. The molecule has 0 aliphatic carbocycles. The number of fused-ring (bicyclic) bond motifs is 2. The van der Waals surface area contributed by atoms with E-state index in [4.69, 9.17) is 14.2 Å². The summed E-state index contributed by atoms with van der Waals surface area (Å²) in [5.41, 5.74) is 2.77. The zero-order valence-electron chi connectivity index (χ0n) is 14.9. The van der Waals surface area contributed by atoms with Crippen molar-refractivity contribution in [2.45, 2.75) is 19.4 Å². The second kappa shape index (κ2) is 7.59. The third-order valence-corrected chi connectivity index (χ3v) is 4.50. The first-order chi connectivity index (χ1) is 13.6. The number of anilines is 1. The topological polar surface area (TPSA) is 103 Å². The van der Waals surface area contributed by atoms with Crippen LogP contribution in [0.3, 0.4) is 0 Å². The molecule has 0 atom stereocenters. The van der Waals surface area contributed by atoms with Gasteiger partial charge in [-0.05, 0) is 47.9 Å². The van der Waals surface area contributed by atoms with Gasteiger partial charge in [-0.2, -0.15) is 0 Å². The Balaban J connectivity index is 1.27. The van der Waals surface area contributed by atoms with Gasteiger partial charge in [0.1, 0.15) is 0 Å². The van der Waals surface area contributed by atoms with Crippen LogP contribution in [-0.2, 0) is 27.3 Å². The summed E-state index contributed by atoms with van der Waals surface area (Å²) in [6.07, 6.45) is 0.950. The molecule has 4 rings (SSSR count). The highest BCUT2D eigenvalue weighted by molar-refractivity contribution is 5.96. The highest BCUT2D eigenvalue weighted by Crippen LogP contribution is 2.32. The summed E-state index contributed by atoms with van der Waals surface area (Å²) in [5, 5.41) is 5.44. The van der Waals surface area contributed by atoms with E-state index in [9.17, 15) is 14.4 Å². The lowest BCUT2D eigenvalue weighted by Gasteiger charge is -2.17. The molecule has 0 aromatic heterocycles. The Kier molecular flexibility index (Phi) is 4.84. The number of nitrogens with one attached hydrogen (secondary N) is 2. The molecule has 0 saturated heterocycles. The summed E-state index contributed by atoms with van der Waals surface area (Å²) in [5.74, 6) is 0.284. The average molecular weight is 382 g/mol. The van der Waals surface area contributed by atoms with Gasteiger partial charge >= 0.3 is 5.97 Å². The maximum absolute atomic E-state index is 12.2.